The summed E-state index contributed by atoms with van der Waals surface area (Å²) in [5.74, 6) is -1.86. The average Bonchev–Trinajstić information content (AvgIpc) is 2.75. The maximum Gasteiger partial charge on any atom is 0.326 e. The van der Waals surface area contributed by atoms with E-state index in [-0.39, 0.29) is 24.1 Å². The number of hydrogen-bond acceptors (Lipinski definition) is 5. The van der Waals surface area contributed by atoms with E-state index >= 15 is 0 Å². The molecule has 1 saturated heterocycles. The quantitative estimate of drug-likeness (QED) is 0.559. The van der Waals surface area contributed by atoms with E-state index in [2.05, 4.69) is 10.6 Å². The van der Waals surface area contributed by atoms with E-state index in [4.69, 9.17) is 5.11 Å². The molecule has 0 aliphatic carbocycles. The topological polar surface area (TPSA) is 113 Å². The lowest BCUT2D eigenvalue weighted by Gasteiger charge is -2.17. The number of amides is 1. The van der Waals surface area contributed by atoms with Crippen molar-refractivity contribution in [3.8, 4) is 0 Å². The van der Waals surface area contributed by atoms with E-state index in [9.17, 15) is 18.0 Å². The maximum absolute atomic E-state index is 11.7. The minimum Gasteiger partial charge on any atom is -0.480 e. The van der Waals surface area contributed by atoms with E-state index in [0.717, 1.165) is 19.2 Å². The predicted molar refractivity (Wildman–Crippen MR) is 64.9 cm³/mol. The van der Waals surface area contributed by atoms with Crippen molar-refractivity contribution in [2.75, 3.05) is 18.6 Å². The van der Waals surface area contributed by atoms with Crippen LogP contribution in [-0.2, 0) is 19.4 Å². The van der Waals surface area contributed by atoms with Crippen LogP contribution in [0.4, 0.5) is 0 Å². The third-order valence-corrected chi connectivity index (χ3v) is 3.75. The molecule has 7 nitrogen and oxygen atoms in total. The van der Waals surface area contributed by atoms with Crippen LogP contribution in [0.5, 0.6) is 0 Å². The minimum atomic E-state index is -3.24. The van der Waals surface area contributed by atoms with Crippen LogP contribution >= 0.6 is 0 Å². The van der Waals surface area contributed by atoms with E-state index < -0.39 is 21.8 Å². The van der Waals surface area contributed by atoms with E-state index in [1.54, 1.807) is 0 Å². The first-order chi connectivity index (χ1) is 8.29. The Morgan fingerprint density at radius 3 is 2.61 bits per heavy atom. The molecule has 8 heteroatoms. The molecule has 1 unspecified atom stereocenters. The zero-order chi connectivity index (χ0) is 13.8. The molecule has 1 aliphatic heterocycles. The number of carbonyl (C=O) groups excluding carboxylic acids is 1. The molecule has 0 spiro atoms. The van der Waals surface area contributed by atoms with Gasteiger partial charge in [0.1, 0.15) is 15.9 Å². The van der Waals surface area contributed by atoms with Crippen LogP contribution < -0.4 is 10.6 Å². The van der Waals surface area contributed by atoms with Crippen LogP contribution in [0.15, 0.2) is 0 Å². The number of sulfone groups is 1. The van der Waals surface area contributed by atoms with Crippen LogP contribution in [0, 0.1) is 0 Å². The molecule has 1 heterocycles. The fourth-order valence-electron chi connectivity index (χ4n) is 1.77. The smallest absolute Gasteiger partial charge is 0.326 e. The highest BCUT2D eigenvalue weighted by Crippen LogP contribution is 2.06. The Bertz CT molecular complexity index is 414. The third-order valence-electron chi connectivity index (χ3n) is 2.77. The van der Waals surface area contributed by atoms with E-state index in [1.807, 2.05) is 0 Å². The van der Waals surface area contributed by atoms with Gasteiger partial charge in [-0.2, -0.15) is 0 Å². The summed E-state index contributed by atoms with van der Waals surface area (Å²) >= 11 is 0. The summed E-state index contributed by atoms with van der Waals surface area (Å²) < 4.78 is 22.0. The number of carbonyl (C=O) groups is 2. The van der Waals surface area contributed by atoms with Crippen molar-refractivity contribution < 1.29 is 23.1 Å². The van der Waals surface area contributed by atoms with Gasteiger partial charge in [0, 0.05) is 6.26 Å². The van der Waals surface area contributed by atoms with Gasteiger partial charge < -0.3 is 15.7 Å². The predicted octanol–water partition coefficient (Wildman–Crippen LogP) is -1.26. The zero-order valence-electron chi connectivity index (χ0n) is 10.2. The number of aliphatic carboxylic acids is 1. The van der Waals surface area contributed by atoms with Crippen LogP contribution in [0.25, 0.3) is 0 Å². The highest BCUT2D eigenvalue weighted by Gasteiger charge is 2.27. The summed E-state index contributed by atoms with van der Waals surface area (Å²) in [5.41, 5.74) is 0. The second kappa shape index (κ2) is 6.14. The molecule has 1 fully saturated rings. The fraction of sp³-hybridized carbons (Fsp3) is 0.800. The molecule has 0 aromatic heterocycles. The molecule has 1 aliphatic rings. The first-order valence-corrected chi connectivity index (χ1v) is 7.80. The van der Waals surface area contributed by atoms with Gasteiger partial charge in [-0.3, -0.25) is 4.79 Å². The summed E-state index contributed by atoms with van der Waals surface area (Å²) in [6.07, 6.45) is 2.46. The summed E-state index contributed by atoms with van der Waals surface area (Å²) in [6, 6.07) is -1.53. The molecule has 0 saturated carbocycles. The van der Waals surface area contributed by atoms with E-state index in [1.165, 1.54) is 0 Å². The molecular formula is C10H18N2O5S. The molecule has 0 aromatic rings. The maximum atomic E-state index is 11.7. The molecule has 1 amide bonds. The van der Waals surface area contributed by atoms with Gasteiger partial charge in [-0.25, -0.2) is 13.2 Å². The number of carboxylic acids is 1. The first kappa shape index (κ1) is 14.9. The lowest BCUT2D eigenvalue weighted by atomic mass is 10.1. The van der Waals surface area contributed by atoms with Crippen molar-refractivity contribution in [1.82, 2.24) is 10.6 Å². The normalized spacial score (nSPS) is 21.5. The zero-order valence-corrected chi connectivity index (χ0v) is 11.0. The van der Waals surface area contributed by atoms with Gasteiger partial charge in [0.2, 0.25) is 5.91 Å². The lowest BCUT2D eigenvalue weighted by Crippen LogP contribution is -2.48. The van der Waals surface area contributed by atoms with Gasteiger partial charge in [-0.15, -0.1) is 0 Å². The lowest BCUT2D eigenvalue weighted by molar-refractivity contribution is -0.142. The fourth-order valence-corrected chi connectivity index (χ4v) is 2.43. The molecule has 104 valence electrons. The van der Waals surface area contributed by atoms with Crippen LogP contribution in [-0.4, -0.2) is 56.0 Å². The minimum absolute atomic E-state index is 0.118. The number of rotatable bonds is 6. The Hall–Kier alpha value is -1.15. The molecule has 2 atom stereocenters. The van der Waals surface area contributed by atoms with Crippen LogP contribution in [0.2, 0.25) is 0 Å². The standard InChI is InChI=1S/C10H18N2O5S/c1-18(16,17)6-4-8(10(14)15)12-9(13)7-3-2-5-11-7/h7-8,11H,2-6H2,1H3,(H,12,13)(H,14,15)/t7-,8?/m1/s1. The molecule has 0 aromatic carbocycles. The highest BCUT2D eigenvalue weighted by molar-refractivity contribution is 7.90. The molecule has 1 rings (SSSR count). The SMILES string of the molecule is CS(=O)(=O)CCC(NC(=O)[C@H]1CCCN1)C(=O)O. The summed E-state index contributed by atoms with van der Waals surface area (Å²) in [7, 11) is -3.24. The first-order valence-electron chi connectivity index (χ1n) is 5.74. The van der Waals surface area contributed by atoms with Crippen LogP contribution in [0.1, 0.15) is 19.3 Å². The Labute approximate surface area is 106 Å². The summed E-state index contributed by atoms with van der Waals surface area (Å²) in [6.45, 7) is 0.735. The highest BCUT2D eigenvalue weighted by atomic mass is 32.2. The number of nitrogens with one attached hydrogen (secondary N) is 2. The molecule has 18 heavy (non-hydrogen) atoms. The largest absolute Gasteiger partial charge is 0.480 e. The summed E-state index contributed by atoms with van der Waals surface area (Å²) in [5, 5.41) is 14.2. The number of carboxylic acid groups (broad SMARTS) is 1. The second-order valence-corrected chi connectivity index (χ2v) is 6.73. The van der Waals surface area contributed by atoms with Crippen molar-refractivity contribution in [2.45, 2.75) is 31.3 Å². The monoisotopic (exact) mass is 278 g/mol. The van der Waals surface area contributed by atoms with Crippen molar-refractivity contribution in [1.29, 1.82) is 0 Å². The molecule has 0 bridgehead atoms. The Balaban J connectivity index is 2.51. The van der Waals surface area contributed by atoms with Gasteiger partial charge in [0.05, 0.1) is 11.8 Å². The van der Waals surface area contributed by atoms with Gasteiger partial charge in [0.15, 0.2) is 0 Å². The Morgan fingerprint density at radius 1 is 1.50 bits per heavy atom. The van der Waals surface area contributed by atoms with Gasteiger partial charge in [-0.1, -0.05) is 0 Å². The van der Waals surface area contributed by atoms with Gasteiger partial charge >= 0.3 is 5.97 Å². The third kappa shape index (κ3) is 5.01. The van der Waals surface area contributed by atoms with Crippen molar-refractivity contribution in [3.05, 3.63) is 0 Å². The Morgan fingerprint density at radius 2 is 2.17 bits per heavy atom. The molecule has 3 N–H and O–H groups in total. The van der Waals surface area contributed by atoms with Gasteiger partial charge in [0.25, 0.3) is 0 Å². The van der Waals surface area contributed by atoms with Crippen molar-refractivity contribution in [3.63, 3.8) is 0 Å². The summed E-state index contributed by atoms with van der Waals surface area (Å²) in [4.78, 5) is 22.6. The van der Waals surface area contributed by atoms with Gasteiger partial charge in [-0.05, 0) is 25.8 Å². The Kier molecular flexibility index (Phi) is 5.09. The van der Waals surface area contributed by atoms with Crippen molar-refractivity contribution >= 4 is 21.7 Å². The molecular weight excluding hydrogens is 260 g/mol. The number of hydrogen-bond donors (Lipinski definition) is 3. The van der Waals surface area contributed by atoms with Crippen LogP contribution in [0.3, 0.4) is 0 Å². The second-order valence-electron chi connectivity index (χ2n) is 4.47. The van der Waals surface area contributed by atoms with E-state index in [0.29, 0.717) is 6.42 Å². The molecule has 0 radical (unpaired) electrons. The van der Waals surface area contributed by atoms with Crippen molar-refractivity contribution in [2.24, 2.45) is 0 Å². The average molecular weight is 278 g/mol.